The molecule has 0 aromatic heterocycles. The topological polar surface area (TPSA) is 41.6 Å². The molecule has 0 aromatic rings. The van der Waals surface area contributed by atoms with Crippen LogP contribution in [0.5, 0.6) is 0 Å². The van der Waals surface area contributed by atoms with Crippen LogP contribution in [-0.4, -0.2) is 55.9 Å². The number of rotatable bonds is 7. The summed E-state index contributed by atoms with van der Waals surface area (Å²) in [7, 11) is 1.22. The number of esters is 1. The normalized spacial score (nSPS) is 15.6. The lowest BCUT2D eigenvalue weighted by atomic mass is 10.0. The highest BCUT2D eigenvalue weighted by Gasteiger charge is 2.38. The number of carbonyl (C=O) groups is 1. The van der Waals surface area contributed by atoms with Crippen molar-refractivity contribution in [2.45, 2.75) is 32.5 Å². The van der Waals surface area contributed by atoms with E-state index in [0.29, 0.717) is 6.54 Å². The minimum atomic E-state index is -4.28. The van der Waals surface area contributed by atoms with Gasteiger partial charge in [0.1, 0.15) is 5.54 Å². The maximum absolute atomic E-state index is 12.4. The molecule has 0 aliphatic heterocycles. The van der Waals surface area contributed by atoms with E-state index < -0.39 is 24.2 Å². The summed E-state index contributed by atoms with van der Waals surface area (Å²) in [6.45, 7) is 4.52. The van der Waals surface area contributed by atoms with Crippen molar-refractivity contribution >= 4 is 5.97 Å². The van der Waals surface area contributed by atoms with Gasteiger partial charge in [-0.05, 0) is 20.0 Å². The van der Waals surface area contributed by atoms with Crippen molar-refractivity contribution in [3.05, 3.63) is 0 Å². The molecule has 0 saturated carbocycles. The van der Waals surface area contributed by atoms with Crippen LogP contribution in [0, 0.1) is 0 Å². The van der Waals surface area contributed by atoms with Gasteiger partial charge in [0, 0.05) is 6.54 Å². The second-order valence-electron chi connectivity index (χ2n) is 4.27. The van der Waals surface area contributed by atoms with Gasteiger partial charge in [0.2, 0.25) is 0 Å². The summed E-state index contributed by atoms with van der Waals surface area (Å²) in [5.74, 6) is -0.565. The van der Waals surface area contributed by atoms with Gasteiger partial charge in [-0.15, -0.1) is 0 Å². The van der Waals surface area contributed by atoms with Gasteiger partial charge in [0.25, 0.3) is 0 Å². The van der Waals surface area contributed by atoms with Gasteiger partial charge in [0.05, 0.1) is 13.7 Å². The van der Waals surface area contributed by atoms with Gasteiger partial charge in [-0.2, -0.15) is 13.2 Å². The van der Waals surface area contributed by atoms with E-state index in [0.717, 1.165) is 0 Å². The van der Waals surface area contributed by atoms with Crippen LogP contribution < -0.4 is 5.32 Å². The molecule has 0 aliphatic rings. The molecule has 18 heavy (non-hydrogen) atoms. The molecule has 0 radical (unpaired) electrons. The Kier molecular flexibility index (Phi) is 6.62. The highest BCUT2D eigenvalue weighted by molar-refractivity contribution is 5.80. The van der Waals surface area contributed by atoms with Gasteiger partial charge < -0.3 is 10.1 Å². The molecule has 1 N–H and O–H groups in total. The van der Waals surface area contributed by atoms with Crippen LogP contribution in [0.2, 0.25) is 0 Å². The van der Waals surface area contributed by atoms with Gasteiger partial charge in [-0.3, -0.25) is 9.69 Å². The summed E-state index contributed by atoms with van der Waals surface area (Å²) in [5, 5.41) is 2.88. The number of alkyl halides is 3. The first-order valence-corrected chi connectivity index (χ1v) is 5.81. The summed E-state index contributed by atoms with van der Waals surface area (Å²) < 4.78 is 41.7. The molecular formula is C11H21F3N2O2. The lowest BCUT2D eigenvalue weighted by Crippen LogP contribution is -2.58. The Morgan fingerprint density at radius 1 is 1.28 bits per heavy atom. The largest absolute Gasteiger partial charge is 0.468 e. The Hall–Kier alpha value is -0.820. The smallest absolute Gasteiger partial charge is 0.401 e. The number of likely N-dealkylation sites (N-methyl/N-ethyl adjacent to an activating group) is 2. The Labute approximate surface area is 105 Å². The number of carbonyl (C=O) groups excluding carboxylic acids is 1. The number of nitrogens with one attached hydrogen (secondary N) is 1. The summed E-state index contributed by atoms with van der Waals surface area (Å²) in [4.78, 5) is 12.8. The molecule has 0 aromatic carbocycles. The van der Waals surface area contributed by atoms with E-state index in [-0.39, 0.29) is 13.1 Å². The molecule has 4 nitrogen and oxygen atoms in total. The number of hydrogen-bond donors (Lipinski definition) is 1. The second-order valence-corrected chi connectivity index (χ2v) is 4.27. The lowest BCUT2D eigenvalue weighted by Gasteiger charge is -2.33. The van der Waals surface area contributed by atoms with Crippen LogP contribution in [0.1, 0.15) is 20.8 Å². The van der Waals surface area contributed by atoms with Crippen LogP contribution in [0.15, 0.2) is 0 Å². The minimum Gasteiger partial charge on any atom is -0.468 e. The zero-order valence-corrected chi connectivity index (χ0v) is 11.2. The Morgan fingerprint density at radius 2 is 1.83 bits per heavy atom. The average molecular weight is 270 g/mol. The SMILES string of the molecule is CCNC(C)(CN(CC)CC(F)(F)F)C(=O)OC. The number of ether oxygens (including phenoxy) is 1. The van der Waals surface area contributed by atoms with Crippen molar-refractivity contribution in [1.29, 1.82) is 0 Å². The lowest BCUT2D eigenvalue weighted by molar-refractivity contribution is -0.157. The van der Waals surface area contributed by atoms with Crippen LogP contribution >= 0.6 is 0 Å². The van der Waals surface area contributed by atoms with Crippen molar-refractivity contribution in [3.63, 3.8) is 0 Å². The molecule has 0 saturated heterocycles. The molecule has 0 amide bonds. The monoisotopic (exact) mass is 270 g/mol. The summed E-state index contributed by atoms with van der Waals surface area (Å²) in [6.07, 6.45) is -4.28. The van der Waals surface area contributed by atoms with Crippen molar-refractivity contribution < 1.29 is 22.7 Å². The number of nitrogens with zero attached hydrogens (tertiary/aromatic N) is 1. The Balaban J connectivity index is 4.78. The second kappa shape index (κ2) is 6.94. The van der Waals surface area contributed by atoms with E-state index in [1.807, 2.05) is 0 Å². The van der Waals surface area contributed by atoms with E-state index in [1.54, 1.807) is 20.8 Å². The average Bonchev–Trinajstić information content (AvgIpc) is 2.25. The summed E-state index contributed by atoms with van der Waals surface area (Å²) in [5.41, 5.74) is -1.13. The predicted molar refractivity (Wildman–Crippen MR) is 62.3 cm³/mol. The molecule has 1 atom stereocenters. The Bertz CT molecular complexity index is 272. The van der Waals surface area contributed by atoms with E-state index in [4.69, 9.17) is 0 Å². The van der Waals surface area contributed by atoms with Crippen LogP contribution in [0.25, 0.3) is 0 Å². The molecular weight excluding hydrogens is 249 g/mol. The third-order valence-electron chi connectivity index (χ3n) is 2.59. The fourth-order valence-corrected chi connectivity index (χ4v) is 1.79. The van der Waals surface area contributed by atoms with E-state index in [2.05, 4.69) is 10.1 Å². The minimum absolute atomic E-state index is 0.0521. The fourth-order valence-electron chi connectivity index (χ4n) is 1.79. The van der Waals surface area contributed by atoms with Crippen molar-refractivity contribution in [2.75, 3.05) is 33.3 Å². The highest BCUT2D eigenvalue weighted by Crippen LogP contribution is 2.18. The zero-order valence-electron chi connectivity index (χ0n) is 11.2. The van der Waals surface area contributed by atoms with Gasteiger partial charge >= 0.3 is 12.1 Å². The van der Waals surface area contributed by atoms with Crippen molar-refractivity contribution in [2.24, 2.45) is 0 Å². The molecule has 0 fully saturated rings. The quantitative estimate of drug-likeness (QED) is 0.710. The molecule has 0 aliphatic carbocycles. The van der Waals surface area contributed by atoms with Crippen LogP contribution in [0.3, 0.4) is 0 Å². The van der Waals surface area contributed by atoms with Crippen molar-refractivity contribution in [3.8, 4) is 0 Å². The first kappa shape index (κ1) is 17.2. The fraction of sp³-hybridized carbons (Fsp3) is 0.909. The van der Waals surface area contributed by atoms with E-state index in [1.165, 1.54) is 12.0 Å². The first-order valence-electron chi connectivity index (χ1n) is 5.81. The van der Waals surface area contributed by atoms with Gasteiger partial charge in [-0.1, -0.05) is 13.8 Å². The van der Waals surface area contributed by atoms with E-state index in [9.17, 15) is 18.0 Å². The van der Waals surface area contributed by atoms with E-state index >= 15 is 0 Å². The zero-order chi connectivity index (χ0) is 14.4. The van der Waals surface area contributed by atoms with Crippen LogP contribution in [-0.2, 0) is 9.53 Å². The molecule has 0 rings (SSSR count). The summed E-state index contributed by atoms with van der Waals surface area (Å²) >= 11 is 0. The predicted octanol–water partition coefficient (Wildman–Crippen LogP) is 1.41. The number of methoxy groups -OCH3 is 1. The maximum atomic E-state index is 12.4. The summed E-state index contributed by atoms with van der Waals surface area (Å²) in [6, 6.07) is 0. The number of halogens is 3. The maximum Gasteiger partial charge on any atom is 0.401 e. The third kappa shape index (κ3) is 5.68. The molecule has 1 unspecified atom stereocenters. The van der Waals surface area contributed by atoms with Crippen LogP contribution in [0.4, 0.5) is 13.2 Å². The highest BCUT2D eigenvalue weighted by atomic mass is 19.4. The molecule has 0 spiro atoms. The molecule has 0 bridgehead atoms. The van der Waals surface area contributed by atoms with Gasteiger partial charge in [0.15, 0.2) is 0 Å². The van der Waals surface area contributed by atoms with Gasteiger partial charge in [-0.25, -0.2) is 0 Å². The van der Waals surface area contributed by atoms with Crippen molar-refractivity contribution in [1.82, 2.24) is 10.2 Å². The first-order chi connectivity index (χ1) is 8.18. The third-order valence-corrected chi connectivity index (χ3v) is 2.59. The molecule has 0 heterocycles. The number of hydrogen-bond acceptors (Lipinski definition) is 4. The molecule has 7 heteroatoms. The standard InChI is InChI=1S/C11H21F3N2O2/c1-5-15-10(3,9(17)18-4)7-16(6-2)8-11(12,13)14/h15H,5-8H2,1-4H3. The molecule has 108 valence electrons. The Morgan fingerprint density at radius 3 is 2.17 bits per heavy atom.